The van der Waals surface area contributed by atoms with Crippen molar-refractivity contribution in [3.05, 3.63) is 65.5 Å². The molecule has 3 aliphatic rings. The highest BCUT2D eigenvalue weighted by Gasteiger charge is 2.38. The van der Waals surface area contributed by atoms with E-state index in [4.69, 9.17) is 9.26 Å². The fourth-order valence-corrected chi connectivity index (χ4v) is 5.16. The number of amides is 2. The topological polar surface area (TPSA) is 88.8 Å². The number of benzene rings is 2. The molecule has 0 saturated carbocycles. The highest BCUT2D eigenvalue weighted by molar-refractivity contribution is 6.00. The maximum Gasteiger partial charge on any atom is 0.230 e. The summed E-state index contributed by atoms with van der Waals surface area (Å²) in [4.78, 5) is 33.9. The molecule has 0 radical (unpaired) electrons. The van der Waals surface area contributed by atoms with Crippen LogP contribution in [0.5, 0.6) is 0 Å². The summed E-state index contributed by atoms with van der Waals surface area (Å²) in [5.74, 6) is 1.14. The number of likely N-dealkylation sites (tertiary alicyclic amines) is 1. The van der Waals surface area contributed by atoms with E-state index in [2.05, 4.69) is 22.3 Å². The Morgan fingerprint density at radius 1 is 1.00 bits per heavy atom. The molecule has 34 heavy (non-hydrogen) atoms. The molecule has 8 nitrogen and oxygen atoms in total. The molecular weight excluding hydrogens is 432 g/mol. The Morgan fingerprint density at radius 3 is 2.62 bits per heavy atom. The van der Waals surface area contributed by atoms with Gasteiger partial charge in [-0.1, -0.05) is 35.5 Å². The van der Waals surface area contributed by atoms with Gasteiger partial charge >= 0.3 is 0 Å². The van der Waals surface area contributed by atoms with Crippen molar-refractivity contribution in [1.82, 2.24) is 15.0 Å². The van der Waals surface area contributed by atoms with Crippen LogP contribution >= 0.6 is 0 Å². The largest absolute Gasteiger partial charge is 0.372 e. The van der Waals surface area contributed by atoms with Crippen LogP contribution in [0.1, 0.15) is 42.2 Å². The highest BCUT2D eigenvalue weighted by atomic mass is 16.5. The van der Waals surface area contributed by atoms with Crippen molar-refractivity contribution in [2.45, 2.75) is 38.4 Å². The van der Waals surface area contributed by atoms with Gasteiger partial charge < -0.3 is 19.1 Å². The summed E-state index contributed by atoms with van der Waals surface area (Å²) in [7, 11) is 0. The second-order valence-electron chi connectivity index (χ2n) is 9.27. The maximum atomic E-state index is 13.1. The molecule has 4 heterocycles. The van der Waals surface area contributed by atoms with Crippen LogP contribution in [-0.2, 0) is 27.5 Å². The molecule has 2 amide bonds. The third-order valence-corrected chi connectivity index (χ3v) is 7.12. The smallest absolute Gasteiger partial charge is 0.230 e. The zero-order valence-corrected chi connectivity index (χ0v) is 18.9. The Hall–Kier alpha value is -3.52. The van der Waals surface area contributed by atoms with E-state index in [0.29, 0.717) is 44.6 Å². The molecule has 0 aliphatic carbocycles. The summed E-state index contributed by atoms with van der Waals surface area (Å²) in [5.41, 5.74) is 4.16. The third-order valence-electron chi connectivity index (χ3n) is 7.12. The molecule has 1 atom stereocenters. The Labute approximate surface area is 197 Å². The molecule has 174 valence electrons. The van der Waals surface area contributed by atoms with Gasteiger partial charge in [0.2, 0.25) is 23.5 Å². The first-order valence-electron chi connectivity index (χ1n) is 11.8. The van der Waals surface area contributed by atoms with Crippen molar-refractivity contribution in [3.8, 4) is 11.4 Å². The van der Waals surface area contributed by atoms with Crippen molar-refractivity contribution in [2.24, 2.45) is 5.92 Å². The van der Waals surface area contributed by atoms with Crippen LogP contribution in [0, 0.1) is 5.92 Å². The molecular formula is C26H26N4O4. The number of hydrogen-bond acceptors (Lipinski definition) is 6. The minimum atomic E-state index is -0.289. The van der Waals surface area contributed by atoms with Gasteiger partial charge in [0.15, 0.2) is 0 Å². The normalized spacial score (nSPS) is 20.7. The minimum Gasteiger partial charge on any atom is -0.372 e. The Bertz CT molecular complexity index is 1220. The summed E-state index contributed by atoms with van der Waals surface area (Å²) in [5, 5.41) is 4.20. The van der Waals surface area contributed by atoms with Gasteiger partial charge in [-0.05, 0) is 42.2 Å². The van der Waals surface area contributed by atoms with E-state index >= 15 is 0 Å². The van der Waals surface area contributed by atoms with E-state index in [9.17, 15) is 9.59 Å². The van der Waals surface area contributed by atoms with E-state index in [1.54, 1.807) is 4.90 Å². The van der Waals surface area contributed by atoms with Gasteiger partial charge in [-0.3, -0.25) is 9.59 Å². The lowest BCUT2D eigenvalue weighted by molar-refractivity contribution is -0.136. The standard InChI is InChI=1S/C26H26N4O4/c31-23-13-20(14-30(23)22-4-2-1-3-5-22)26(32)29-10-8-17(9-11-29)25-27-24(28-34-25)18-6-7-19-15-33-16-21(19)12-18/h1-7,12,17,20H,8-11,13-16H2. The molecule has 2 saturated heterocycles. The predicted octanol–water partition coefficient (Wildman–Crippen LogP) is 3.53. The van der Waals surface area contributed by atoms with E-state index in [-0.39, 0.29) is 30.1 Å². The molecule has 6 rings (SSSR count). The van der Waals surface area contributed by atoms with E-state index in [0.717, 1.165) is 24.1 Å². The predicted molar refractivity (Wildman–Crippen MR) is 124 cm³/mol. The molecule has 0 N–H and O–H groups in total. The number of hydrogen-bond donors (Lipinski definition) is 0. The molecule has 0 bridgehead atoms. The van der Waals surface area contributed by atoms with Gasteiger partial charge in [0.05, 0.1) is 19.1 Å². The number of para-hydroxylation sites is 1. The van der Waals surface area contributed by atoms with Crippen LogP contribution in [0.25, 0.3) is 11.4 Å². The summed E-state index contributed by atoms with van der Waals surface area (Å²) in [6.07, 6.45) is 1.81. The maximum absolute atomic E-state index is 13.1. The van der Waals surface area contributed by atoms with Crippen LogP contribution < -0.4 is 4.90 Å². The summed E-state index contributed by atoms with van der Waals surface area (Å²) < 4.78 is 11.1. The first-order chi connectivity index (χ1) is 16.7. The van der Waals surface area contributed by atoms with Crippen molar-refractivity contribution in [1.29, 1.82) is 0 Å². The van der Waals surface area contributed by atoms with Crippen molar-refractivity contribution >= 4 is 17.5 Å². The van der Waals surface area contributed by atoms with Crippen LogP contribution in [0.2, 0.25) is 0 Å². The monoisotopic (exact) mass is 458 g/mol. The number of fused-ring (bicyclic) bond motifs is 1. The van der Waals surface area contributed by atoms with E-state index < -0.39 is 0 Å². The van der Waals surface area contributed by atoms with Crippen LogP contribution in [0.4, 0.5) is 5.69 Å². The number of piperidine rings is 1. The number of ether oxygens (including phenoxy) is 1. The molecule has 3 aromatic rings. The minimum absolute atomic E-state index is 0.0101. The molecule has 2 fully saturated rings. The average molecular weight is 459 g/mol. The lowest BCUT2D eigenvalue weighted by Crippen LogP contribution is -2.42. The number of anilines is 1. The molecule has 0 spiro atoms. The van der Waals surface area contributed by atoms with Gasteiger partial charge in [-0.15, -0.1) is 0 Å². The quantitative estimate of drug-likeness (QED) is 0.594. The number of carbonyl (C=O) groups is 2. The Kier molecular flexibility index (Phi) is 5.37. The van der Waals surface area contributed by atoms with Crippen molar-refractivity contribution in [3.63, 3.8) is 0 Å². The lowest BCUT2D eigenvalue weighted by Gasteiger charge is -2.32. The Morgan fingerprint density at radius 2 is 1.79 bits per heavy atom. The molecule has 1 aromatic heterocycles. The van der Waals surface area contributed by atoms with Crippen LogP contribution in [-0.4, -0.2) is 46.5 Å². The fourth-order valence-electron chi connectivity index (χ4n) is 5.16. The second kappa shape index (κ2) is 8.68. The fraction of sp³-hybridized carbons (Fsp3) is 0.385. The van der Waals surface area contributed by atoms with Gasteiger partial charge in [0, 0.05) is 43.2 Å². The number of carbonyl (C=O) groups excluding carboxylic acids is 2. The molecule has 2 aromatic carbocycles. The van der Waals surface area contributed by atoms with Gasteiger partial charge in [0.1, 0.15) is 0 Å². The zero-order chi connectivity index (χ0) is 23.1. The summed E-state index contributed by atoms with van der Waals surface area (Å²) in [6, 6.07) is 15.7. The zero-order valence-electron chi connectivity index (χ0n) is 18.9. The number of nitrogens with zero attached hydrogens (tertiary/aromatic N) is 4. The van der Waals surface area contributed by atoms with Gasteiger partial charge in [0.25, 0.3) is 0 Å². The first kappa shape index (κ1) is 21.0. The lowest BCUT2D eigenvalue weighted by atomic mass is 9.95. The third kappa shape index (κ3) is 3.88. The molecule has 1 unspecified atom stereocenters. The highest BCUT2D eigenvalue weighted by Crippen LogP contribution is 2.32. The number of aromatic nitrogens is 2. The Balaban J connectivity index is 1.07. The van der Waals surface area contributed by atoms with Crippen molar-refractivity contribution < 1.29 is 18.8 Å². The molecule has 3 aliphatic heterocycles. The SMILES string of the molecule is O=C(C1CC(=O)N(c2ccccc2)C1)N1CCC(c2nc(-c3ccc4c(c3)COC4)no2)CC1. The van der Waals surface area contributed by atoms with Gasteiger partial charge in [-0.2, -0.15) is 4.98 Å². The average Bonchev–Trinajstić information content (AvgIpc) is 3.63. The van der Waals surface area contributed by atoms with Crippen LogP contribution in [0.3, 0.4) is 0 Å². The molecule has 8 heteroatoms. The number of rotatable bonds is 4. The summed E-state index contributed by atoms with van der Waals surface area (Å²) >= 11 is 0. The first-order valence-corrected chi connectivity index (χ1v) is 11.8. The van der Waals surface area contributed by atoms with Crippen molar-refractivity contribution in [2.75, 3.05) is 24.5 Å². The second-order valence-corrected chi connectivity index (χ2v) is 9.27. The van der Waals surface area contributed by atoms with Gasteiger partial charge in [-0.25, -0.2) is 0 Å². The van der Waals surface area contributed by atoms with E-state index in [1.165, 1.54) is 11.1 Å². The van der Waals surface area contributed by atoms with Crippen LogP contribution in [0.15, 0.2) is 53.1 Å². The van der Waals surface area contributed by atoms with E-state index in [1.807, 2.05) is 41.3 Å². The summed E-state index contributed by atoms with van der Waals surface area (Å²) in [6.45, 7) is 2.99.